The van der Waals surface area contributed by atoms with Crippen LogP contribution in [0.15, 0.2) is 75.9 Å². The summed E-state index contributed by atoms with van der Waals surface area (Å²) in [6.07, 6.45) is -4.66. The second kappa shape index (κ2) is 7.79. The first-order valence-electron chi connectivity index (χ1n) is 10.4. The number of hydrogen-bond acceptors (Lipinski definition) is 5. The van der Waals surface area contributed by atoms with Gasteiger partial charge in [0.25, 0.3) is 11.6 Å². The second-order valence-corrected chi connectivity index (χ2v) is 8.15. The minimum Gasteiger partial charge on any atom is -0.450 e. The lowest BCUT2D eigenvalue weighted by molar-refractivity contribution is -0.384. The fourth-order valence-electron chi connectivity index (χ4n) is 4.28. The zero-order chi connectivity index (χ0) is 25.1. The normalized spacial score (nSPS) is 15.5. The Labute approximate surface area is 195 Å². The van der Waals surface area contributed by atoms with E-state index in [0.717, 1.165) is 28.7 Å². The zero-order valence-corrected chi connectivity index (χ0v) is 18.0. The van der Waals surface area contributed by atoms with Gasteiger partial charge in [-0.2, -0.15) is 13.2 Å². The third-order valence-corrected chi connectivity index (χ3v) is 5.90. The summed E-state index contributed by atoms with van der Waals surface area (Å²) in [4.78, 5) is 38.6. The Morgan fingerprint density at radius 1 is 1.00 bits per heavy atom. The van der Waals surface area contributed by atoms with E-state index in [4.69, 9.17) is 4.42 Å². The van der Waals surface area contributed by atoms with Gasteiger partial charge in [0, 0.05) is 17.8 Å². The van der Waals surface area contributed by atoms with Gasteiger partial charge in [-0.25, -0.2) is 0 Å². The van der Waals surface area contributed by atoms with Gasteiger partial charge in [-0.3, -0.25) is 24.6 Å². The van der Waals surface area contributed by atoms with E-state index in [0.29, 0.717) is 5.56 Å². The number of nitro benzene ring substituents is 1. The van der Waals surface area contributed by atoms with E-state index in [-0.39, 0.29) is 33.7 Å². The summed E-state index contributed by atoms with van der Waals surface area (Å²) in [7, 11) is 0. The molecule has 0 spiro atoms. The molecular formula is C25H15F3N2O5. The molecule has 0 aliphatic carbocycles. The van der Waals surface area contributed by atoms with Crippen LogP contribution < -0.4 is 10.3 Å². The standard InChI is InChI=1S/C25H15F3N2O5/c1-13-5-10-19-18(11-13)22(31)20-21(14-6-8-16(9-7-14)30(33)34)29(24(32)23(20)35-19)17-4-2-3-15(12-17)25(26,27)28/h2-12,21H,1H3. The Kier molecular flexibility index (Phi) is 4.97. The van der Waals surface area contributed by atoms with Gasteiger partial charge in [0.1, 0.15) is 5.58 Å². The van der Waals surface area contributed by atoms with Crippen molar-refractivity contribution in [1.29, 1.82) is 0 Å². The number of benzene rings is 3. The lowest BCUT2D eigenvalue weighted by atomic mass is 9.97. The van der Waals surface area contributed by atoms with Crippen molar-refractivity contribution in [2.24, 2.45) is 0 Å². The first-order chi connectivity index (χ1) is 16.6. The van der Waals surface area contributed by atoms with Crippen molar-refractivity contribution in [3.05, 3.63) is 115 Å². The number of carbonyl (C=O) groups excluding carboxylic acids is 1. The van der Waals surface area contributed by atoms with E-state index in [1.54, 1.807) is 25.1 Å². The van der Waals surface area contributed by atoms with Crippen molar-refractivity contribution >= 4 is 28.3 Å². The first kappa shape index (κ1) is 22.3. The molecule has 0 bridgehead atoms. The van der Waals surface area contributed by atoms with E-state index < -0.39 is 34.0 Å². The fraction of sp³-hybridized carbons (Fsp3) is 0.120. The quantitative estimate of drug-likeness (QED) is 0.274. The molecule has 0 saturated heterocycles. The molecule has 0 radical (unpaired) electrons. The minimum absolute atomic E-state index is 0.0423. The molecule has 3 aromatic carbocycles. The fourth-order valence-corrected chi connectivity index (χ4v) is 4.28. The van der Waals surface area contributed by atoms with Gasteiger partial charge in [-0.05, 0) is 55.0 Å². The van der Waals surface area contributed by atoms with Crippen molar-refractivity contribution in [3.63, 3.8) is 0 Å². The van der Waals surface area contributed by atoms with Crippen LogP contribution in [0.2, 0.25) is 0 Å². The topological polar surface area (TPSA) is 93.7 Å². The summed E-state index contributed by atoms with van der Waals surface area (Å²) in [5.74, 6) is -1.07. The highest BCUT2D eigenvalue weighted by Crippen LogP contribution is 2.43. The van der Waals surface area contributed by atoms with Crippen LogP contribution in [0.25, 0.3) is 11.0 Å². The molecule has 0 fully saturated rings. The van der Waals surface area contributed by atoms with Gasteiger partial charge >= 0.3 is 6.18 Å². The Bertz CT molecular complexity index is 1580. The van der Waals surface area contributed by atoms with Crippen LogP contribution in [0.5, 0.6) is 0 Å². The summed E-state index contributed by atoms with van der Waals surface area (Å²) < 4.78 is 46.0. The van der Waals surface area contributed by atoms with Crippen molar-refractivity contribution < 1.29 is 27.3 Å². The number of halogens is 3. The molecule has 1 amide bonds. The minimum atomic E-state index is -4.66. The number of fused-ring (bicyclic) bond motifs is 2. The molecule has 35 heavy (non-hydrogen) atoms. The molecule has 1 unspecified atom stereocenters. The van der Waals surface area contributed by atoms with Crippen LogP contribution in [0, 0.1) is 17.0 Å². The van der Waals surface area contributed by atoms with E-state index >= 15 is 0 Å². The SMILES string of the molecule is Cc1ccc2oc3c(c(=O)c2c1)C(c1ccc([N+](=O)[O-])cc1)N(c1cccc(C(F)(F)F)c1)C3=O. The summed E-state index contributed by atoms with van der Waals surface area (Å²) >= 11 is 0. The third-order valence-electron chi connectivity index (χ3n) is 5.90. The van der Waals surface area contributed by atoms with Crippen molar-refractivity contribution in [2.75, 3.05) is 4.90 Å². The molecule has 10 heteroatoms. The van der Waals surface area contributed by atoms with Gasteiger partial charge in [0.15, 0.2) is 5.43 Å². The Morgan fingerprint density at radius 3 is 2.37 bits per heavy atom. The molecule has 4 aromatic rings. The smallest absolute Gasteiger partial charge is 0.416 e. The van der Waals surface area contributed by atoms with Gasteiger partial charge in [-0.1, -0.05) is 17.7 Å². The van der Waals surface area contributed by atoms with Gasteiger partial charge in [-0.15, -0.1) is 0 Å². The zero-order valence-electron chi connectivity index (χ0n) is 18.0. The number of anilines is 1. The molecule has 1 atom stereocenters. The van der Waals surface area contributed by atoms with E-state index in [2.05, 4.69) is 0 Å². The van der Waals surface area contributed by atoms with E-state index in [1.165, 1.54) is 30.3 Å². The van der Waals surface area contributed by atoms with Crippen LogP contribution in [0.4, 0.5) is 24.5 Å². The Hall–Kier alpha value is -4.47. The molecule has 0 N–H and O–H groups in total. The maximum atomic E-state index is 13.6. The van der Waals surface area contributed by atoms with Crippen molar-refractivity contribution in [3.8, 4) is 0 Å². The highest BCUT2D eigenvalue weighted by Gasteiger charge is 2.44. The number of nitrogens with zero attached hydrogens (tertiary/aromatic N) is 2. The molecule has 5 rings (SSSR count). The Morgan fingerprint density at radius 2 is 1.71 bits per heavy atom. The summed E-state index contributed by atoms with van der Waals surface area (Å²) in [5, 5.41) is 11.3. The van der Waals surface area contributed by atoms with Gasteiger partial charge in [0.05, 0.1) is 27.5 Å². The number of nitro groups is 1. The number of alkyl halides is 3. The molecular weight excluding hydrogens is 465 g/mol. The number of hydrogen-bond donors (Lipinski definition) is 0. The van der Waals surface area contributed by atoms with Crippen molar-refractivity contribution in [1.82, 2.24) is 0 Å². The van der Waals surface area contributed by atoms with E-state index in [1.807, 2.05) is 0 Å². The molecule has 1 aliphatic heterocycles. The van der Waals surface area contributed by atoms with Crippen LogP contribution >= 0.6 is 0 Å². The second-order valence-electron chi connectivity index (χ2n) is 8.15. The predicted octanol–water partition coefficient (Wildman–Crippen LogP) is 5.78. The lowest BCUT2D eigenvalue weighted by Crippen LogP contribution is -2.29. The van der Waals surface area contributed by atoms with Crippen LogP contribution in [0.1, 0.15) is 38.9 Å². The summed E-state index contributed by atoms with van der Waals surface area (Å²) in [6, 6.07) is 13.0. The van der Waals surface area contributed by atoms with Gasteiger partial charge in [0.2, 0.25) is 5.76 Å². The Balaban J connectivity index is 1.78. The maximum absolute atomic E-state index is 13.6. The molecule has 1 aromatic heterocycles. The largest absolute Gasteiger partial charge is 0.450 e. The number of amides is 1. The molecule has 0 saturated carbocycles. The molecule has 176 valence electrons. The van der Waals surface area contributed by atoms with Crippen molar-refractivity contribution in [2.45, 2.75) is 19.1 Å². The highest BCUT2D eigenvalue weighted by molar-refractivity contribution is 6.10. The summed E-state index contributed by atoms with van der Waals surface area (Å²) in [5.41, 5.74) is -0.586. The monoisotopic (exact) mass is 480 g/mol. The van der Waals surface area contributed by atoms with Gasteiger partial charge < -0.3 is 4.42 Å². The van der Waals surface area contributed by atoms with Crippen LogP contribution in [-0.2, 0) is 6.18 Å². The maximum Gasteiger partial charge on any atom is 0.416 e. The average molecular weight is 480 g/mol. The van der Waals surface area contributed by atoms with Crippen LogP contribution in [0.3, 0.4) is 0 Å². The number of rotatable bonds is 3. The molecule has 1 aliphatic rings. The van der Waals surface area contributed by atoms with E-state index in [9.17, 15) is 32.9 Å². The number of non-ortho nitro benzene ring substituents is 1. The summed E-state index contributed by atoms with van der Waals surface area (Å²) in [6.45, 7) is 1.78. The molecule has 7 nitrogen and oxygen atoms in total. The third kappa shape index (κ3) is 3.63. The number of aryl methyl sites for hydroxylation is 1. The first-order valence-corrected chi connectivity index (χ1v) is 10.4. The predicted molar refractivity (Wildman–Crippen MR) is 120 cm³/mol. The number of carbonyl (C=O) groups is 1. The van der Waals surface area contributed by atoms with Crippen LogP contribution in [-0.4, -0.2) is 10.8 Å². The average Bonchev–Trinajstić information content (AvgIpc) is 3.11. The lowest BCUT2D eigenvalue weighted by Gasteiger charge is -2.25. The highest BCUT2D eigenvalue weighted by atomic mass is 19.4. The molecule has 2 heterocycles.